The number of amides is 1. The van der Waals surface area contributed by atoms with Crippen molar-refractivity contribution < 1.29 is 17.6 Å². The highest BCUT2D eigenvalue weighted by molar-refractivity contribution is 7.89. The fourth-order valence-corrected chi connectivity index (χ4v) is 6.48. The predicted octanol–water partition coefficient (Wildman–Crippen LogP) is 3.15. The normalized spacial score (nSPS) is 17.8. The molecule has 2 aromatic heterocycles. The molecule has 2 aliphatic rings. The number of furan rings is 1. The van der Waals surface area contributed by atoms with Crippen molar-refractivity contribution in [2.24, 2.45) is 0 Å². The molecule has 0 radical (unpaired) electrons. The summed E-state index contributed by atoms with van der Waals surface area (Å²) in [5.41, 5.74) is 1.26. The Morgan fingerprint density at radius 3 is 2.72 bits per heavy atom. The number of carbonyl (C=O) groups excluding carboxylic acids is 1. The highest BCUT2D eigenvalue weighted by atomic mass is 32.2. The Bertz CT molecular complexity index is 935. The van der Waals surface area contributed by atoms with Crippen LogP contribution < -0.4 is 5.32 Å². The number of aryl methyl sites for hydroxylation is 3. The van der Waals surface area contributed by atoms with Gasteiger partial charge in [0.05, 0.1) is 10.7 Å². The molecule has 1 amide bonds. The second-order valence-electron chi connectivity index (χ2n) is 7.63. The lowest BCUT2D eigenvalue weighted by molar-refractivity contribution is 0.0920. The van der Waals surface area contributed by atoms with E-state index in [1.54, 1.807) is 11.3 Å². The molecule has 158 valence electrons. The van der Waals surface area contributed by atoms with E-state index < -0.39 is 10.0 Å². The van der Waals surface area contributed by atoms with Gasteiger partial charge < -0.3 is 9.73 Å². The van der Waals surface area contributed by atoms with Gasteiger partial charge in [0.2, 0.25) is 5.09 Å². The summed E-state index contributed by atoms with van der Waals surface area (Å²) in [5, 5.41) is 3.79. The number of rotatable bonds is 7. The third-order valence-corrected chi connectivity index (χ3v) is 8.45. The van der Waals surface area contributed by atoms with E-state index in [9.17, 15) is 13.2 Å². The lowest BCUT2D eigenvalue weighted by Gasteiger charge is -2.24. The number of fused-ring (bicyclic) bond motifs is 1. The summed E-state index contributed by atoms with van der Waals surface area (Å²) in [5.74, 6) is -0.353. The third kappa shape index (κ3) is 4.73. The maximum Gasteiger partial charge on any atom is 0.287 e. The van der Waals surface area contributed by atoms with Crippen molar-refractivity contribution in [3.05, 3.63) is 33.5 Å². The molecule has 9 heteroatoms. The van der Waals surface area contributed by atoms with Crippen LogP contribution in [0.15, 0.2) is 21.6 Å². The van der Waals surface area contributed by atoms with E-state index >= 15 is 0 Å². The van der Waals surface area contributed by atoms with Gasteiger partial charge in [0.25, 0.3) is 15.9 Å². The zero-order valence-electron chi connectivity index (χ0n) is 16.5. The number of sulfonamides is 1. The van der Waals surface area contributed by atoms with Gasteiger partial charge in [-0.05, 0) is 57.1 Å². The summed E-state index contributed by atoms with van der Waals surface area (Å²) < 4.78 is 32.1. The lowest BCUT2D eigenvalue weighted by Crippen LogP contribution is -2.35. The van der Waals surface area contributed by atoms with Gasteiger partial charge in [0.15, 0.2) is 5.76 Å². The van der Waals surface area contributed by atoms with Crippen molar-refractivity contribution in [3.8, 4) is 0 Å². The van der Waals surface area contributed by atoms with E-state index in [4.69, 9.17) is 9.40 Å². The largest absolute Gasteiger partial charge is 0.438 e. The van der Waals surface area contributed by atoms with Gasteiger partial charge in [-0.2, -0.15) is 4.31 Å². The number of piperidine rings is 1. The molecule has 0 aromatic carbocycles. The molecule has 1 N–H and O–H groups in total. The molecule has 1 fully saturated rings. The van der Waals surface area contributed by atoms with Crippen LogP contribution in [-0.2, 0) is 29.3 Å². The van der Waals surface area contributed by atoms with Crippen LogP contribution in [0.1, 0.15) is 64.7 Å². The van der Waals surface area contributed by atoms with E-state index in [1.807, 2.05) is 0 Å². The first-order valence-electron chi connectivity index (χ1n) is 10.4. The zero-order chi connectivity index (χ0) is 20.3. The average molecular weight is 438 g/mol. The van der Waals surface area contributed by atoms with Gasteiger partial charge in [0.1, 0.15) is 0 Å². The Kier molecular flexibility index (Phi) is 6.36. The summed E-state index contributed by atoms with van der Waals surface area (Å²) >= 11 is 1.80. The second kappa shape index (κ2) is 8.97. The van der Waals surface area contributed by atoms with Crippen molar-refractivity contribution in [2.45, 2.75) is 62.9 Å². The standard InChI is InChI=1S/C20H27N3O4S2/c24-20(21-12-6-9-18-22-15-7-2-3-8-17(15)28-18)16-10-11-19(27-16)29(25,26)23-13-4-1-5-14-23/h10-11H,1-9,12-14H2,(H,21,24). The van der Waals surface area contributed by atoms with E-state index in [-0.39, 0.29) is 16.8 Å². The number of hydrogen-bond acceptors (Lipinski definition) is 6. The maximum atomic E-state index is 12.6. The van der Waals surface area contributed by atoms with Crippen LogP contribution in [0.3, 0.4) is 0 Å². The van der Waals surface area contributed by atoms with Crippen LogP contribution in [0.4, 0.5) is 0 Å². The summed E-state index contributed by atoms with van der Waals surface area (Å²) in [6.45, 7) is 1.51. The van der Waals surface area contributed by atoms with Crippen LogP contribution >= 0.6 is 11.3 Å². The zero-order valence-corrected chi connectivity index (χ0v) is 18.1. The fourth-order valence-electron chi connectivity index (χ4n) is 3.85. The predicted molar refractivity (Wildman–Crippen MR) is 111 cm³/mol. The van der Waals surface area contributed by atoms with Crippen LogP contribution in [-0.4, -0.2) is 43.2 Å². The number of aromatic nitrogens is 1. The Balaban J connectivity index is 1.27. The van der Waals surface area contributed by atoms with Crippen LogP contribution in [0.2, 0.25) is 0 Å². The van der Waals surface area contributed by atoms with Crippen molar-refractivity contribution >= 4 is 27.3 Å². The minimum atomic E-state index is -3.66. The van der Waals surface area contributed by atoms with Gasteiger partial charge >= 0.3 is 0 Å². The minimum absolute atomic E-state index is 0.0327. The number of carbonyl (C=O) groups is 1. The summed E-state index contributed by atoms with van der Waals surface area (Å²) in [6, 6.07) is 2.81. The van der Waals surface area contributed by atoms with E-state index in [0.29, 0.717) is 19.6 Å². The van der Waals surface area contributed by atoms with Gasteiger partial charge in [-0.25, -0.2) is 13.4 Å². The van der Waals surface area contributed by atoms with E-state index in [2.05, 4.69) is 5.32 Å². The Labute approximate surface area is 175 Å². The maximum absolute atomic E-state index is 12.6. The van der Waals surface area contributed by atoms with Gasteiger partial charge in [-0.1, -0.05) is 6.42 Å². The van der Waals surface area contributed by atoms with Crippen LogP contribution in [0, 0.1) is 0 Å². The number of thiazole rings is 1. The Morgan fingerprint density at radius 1 is 1.14 bits per heavy atom. The third-order valence-electron chi connectivity index (χ3n) is 5.46. The molecule has 0 bridgehead atoms. The number of hydrogen-bond donors (Lipinski definition) is 1. The Hall–Kier alpha value is -1.71. The first kappa shape index (κ1) is 20.6. The molecule has 1 aliphatic carbocycles. The summed E-state index contributed by atoms with van der Waals surface area (Å²) in [4.78, 5) is 18.4. The molecule has 1 saturated heterocycles. The number of nitrogens with zero attached hydrogens (tertiary/aromatic N) is 2. The first-order valence-corrected chi connectivity index (χ1v) is 12.7. The second-order valence-corrected chi connectivity index (χ2v) is 10.7. The van der Waals surface area contributed by atoms with Crippen molar-refractivity contribution in [3.63, 3.8) is 0 Å². The smallest absolute Gasteiger partial charge is 0.287 e. The topological polar surface area (TPSA) is 92.5 Å². The van der Waals surface area contributed by atoms with Crippen molar-refractivity contribution in [1.29, 1.82) is 0 Å². The molecule has 0 spiro atoms. The molecule has 0 unspecified atom stereocenters. The van der Waals surface area contributed by atoms with Gasteiger partial charge in [-0.3, -0.25) is 4.79 Å². The molecule has 7 nitrogen and oxygen atoms in total. The molecule has 29 heavy (non-hydrogen) atoms. The molecule has 0 atom stereocenters. The highest BCUT2D eigenvalue weighted by Gasteiger charge is 2.29. The molecular weight excluding hydrogens is 410 g/mol. The van der Waals surface area contributed by atoms with Gasteiger partial charge in [-0.15, -0.1) is 11.3 Å². The van der Waals surface area contributed by atoms with Crippen LogP contribution in [0.5, 0.6) is 0 Å². The quantitative estimate of drug-likeness (QED) is 0.672. The lowest BCUT2D eigenvalue weighted by atomic mass is 10.0. The average Bonchev–Trinajstić information content (AvgIpc) is 3.39. The Morgan fingerprint density at radius 2 is 1.93 bits per heavy atom. The molecule has 2 aromatic rings. The van der Waals surface area contributed by atoms with Crippen LogP contribution in [0.25, 0.3) is 0 Å². The minimum Gasteiger partial charge on any atom is -0.438 e. The monoisotopic (exact) mass is 437 g/mol. The van der Waals surface area contributed by atoms with Crippen molar-refractivity contribution in [2.75, 3.05) is 19.6 Å². The SMILES string of the molecule is O=C(NCCCc1nc2c(s1)CCCC2)c1ccc(S(=O)(=O)N2CCCCC2)o1. The summed E-state index contributed by atoms with van der Waals surface area (Å²) in [7, 11) is -3.66. The fraction of sp³-hybridized carbons (Fsp3) is 0.600. The molecule has 1 aliphatic heterocycles. The molecule has 3 heterocycles. The van der Waals surface area contributed by atoms with E-state index in [0.717, 1.165) is 50.0 Å². The molecular formula is C20H27N3O4S2. The first-order chi connectivity index (χ1) is 14.0. The van der Waals surface area contributed by atoms with Crippen molar-refractivity contribution in [1.82, 2.24) is 14.6 Å². The van der Waals surface area contributed by atoms with E-state index in [1.165, 1.54) is 39.9 Å². The van der Waals surface area contributed by atoms with Gasteiger partial charge in [0, 0.05) is 30.9 Å². The molecule has 0 saturated carbocycles. The summed E-state index contributed by atoms with van der Waals surface area (Å²) in [6.07, 6.45) is 9.09. The highest BCUT2D eigenvalue weighted by Crippen LogP contribution is 2.27. The number of nitrogens with one attached hydrogen (secondary N) is 1. The molecule has 4 rings (SSSR count).